The molecule has 0 heterocycles. The molecule has 22 heavy (non-hydrogen) atoms. The summed E-state index contributed by atoms with van der Waals surface area (Å²) in [5.41, 5.74) is 5.22. The number of aryl methyl sites for hydroxylation is 2. The highest BCUT2D eigenvalue weighted by atomic mass is 16.5. The van der Waals surface area contributed by atoms with E-state index in [2.05, 4.69) is 36.4 Å². The molecular formula is C19H22O3. The van der Waals surface area contributed by atoms with E-state index < -0.39 is 0 Å². The fraction of sp³-hybridized carbons (Fsp3) is 0.368. The number of aliphatic hydroxyl groups is 1. The zero-order chi connectivity index (χ0) is 15.5. The second-order valence-electron chi connectivity index (χ2n) is 5.67. The first kappa shape index (κ1) is 14.9. The third-order valence-corrected chi connectivity index (χ3v) is 4.53. The monoisotopic (exact) mass is 298 g/mol. The van der Waals surface area contributed by atoms with Gasteiger partial charge in [0.05, 0.1) is 14.2 Å². The number of rotatable bonds is 4. The Kier molecular flexibility index (Phi) is 4.34. The van der Waals surface area contributed by atoms with Gasteiger partial charge < -0.3 is 14.6 Å². The number of benzene rings is 2. The van der Waals surface area contributed by atoms with Crippen molar-refractivity contribution in [3.63, 3.8) is 0 Å². The maximum Gasteiger partial charge on any atom is 0.161 e. The van der Waals surface area contributed by atoms with E-state index in [9.17, 15) is 5.11 Å². The Morgan fingerprint density at radius 2 is 1.64 bits per heavy atom. The zero-order valence-corrected chi connectivity index (χ0v) is 13.1. The lowest BCUT2D eigenvalue weighted by Gasteiger charge is -2.21. The van der Waals surface area contributed by atoms with Crippen LogP contribution in [-0.2, 0) is 12.8 Å². The van der Waals surface area contributed by atoms with Crippen molar-refractivity contribution >= 4 is 0 Å². The third kappa shape index (κ3) is 2.57. The van der Waals surface area contributed by atoms with Crippen LogP contribution in [0.15, 0.2) is 36.4 Å². The van der Waals surface area contributed by atoms with Gasteiger partial charge in [-0.15, -0.1) is 0 Å². The highest BCUT2D eigenvalue weighted by molar-refractivity contribution is 5.53. The van der Waals surface area contributed by atoms with Gasteiger partial charge in [0, 0.05) is 12.5 Å². The van der Waals surface area contributed by atoms with E-state index in [0.717, 1.165) is 30.8 Å². The minimum atomic E-state index is 0.173. The van der Waals surface area contributed by atoms with Gasteiger partial charge in [-0.2, -0.15) is 0 Å². The maximum absolute atomic E-state index is 9.53. The van der Waals surface area contributed by atoms with E-state index >= 15 is 0 Å². The van der Waals surface area contributed by atoms with E-state index in [1.54, 1.807) is 14.2 Å². The first-order valence-corrected chi connectivity index (χ1v) is 7.72. The molecule has 0 radical (unpaired) electrons. The van der Waals surface area contributed by atoms with Gasteiger partial charge in [-0.3, -0.25) is 0 Å². The highest BCUT2D eigenvalue weighted by Crippen LogP contribution is 2.41. The molecule has 1 aliphatic carbocycles. The van der Waals surface area contributed by atoms with Crippen molar-refractivity contribution in [1.29, 1.82) is 0 Å². The molecule has 3 nitrogen and oxygen atoms in total. The zero-order valence-electron chi connectivity index (χ0n) is 13.1. The summed E-state index contributed by atoms with van der Waals surface area (Å²) in [5, 5.41) is 9.53. The van der Waals surface area contributed by atoms with Crippen molar-refractivity contribution in [3.8, 4) is 11.5 Å². The predicted octanol–water partition coefficient (Wildman–Crippen LogP) is 3.32. The number of hydrogen-bond donors (Lipinski definition) is 1. The molecule has 0 aromatic heterocycles. The summed E-state index contributed by atoms with van der Waals surface area (Å²) in [6.45, 7) is 0.173. The summed E-state index contributed by atoms with van der Waals surface area (Å²) in [6.07, 6.45) is 2.72. The summed E-state index contributed by atoms with van der Waals surface area (Å²) in [7, 11) is 3.33. The van der Waals surface area contributed by atoms with Gasteiger partial charge in [-0.25, -0.2) is 0 Å². The Labute approximate surface area is 131 Å². The standard InChI is InChI=1S/C19H22O3/c1-21-18-11-14-8-7-13-5-3-4-6-15(13)16(9-10-20)17(14)12-19(18)22-2/h3-6,11-12,16,20H,7-10H2,1-2H3. The molecule has 0 aliphatic heterocycles. The summed E-state index contributed by atoms with van der Waals surface area (Å²) in [5.74, 6) is 1.73. The lowest BCUT2D eigenvalue weighted by Crippen LogP contribution is -2.07. The Morgan fingerprint density at radius 1 is 0.955 bits per heavy atom. The third-order valence-electron chi connectivity index (χ3n) is 4.53. The van der Waals surface area contributed by atoms with E-state index in [4.69, 9.17) is 9.47 Å². The number of aliphatic hydroxyl groups excluding tert-OH is 1. The molecule has 0 spiro atoms. The van der Waals surface area contributed by atoms with Gasteiger partial charge in [0.1, 0.15) is 0 Å². The summed E-state index contributed by atoms with van der Waals surface area (Å²) in [6, 6.07) is 12.7. The molecule has 1 N–H and O–H groups in total. The molecular weight excluding hydrogens is 276 g/mol. The first-order valence-electron chi connectivity index (χ1n) is 7.72. The highest BCUT2D eigenvalue weighted by Gasteiger charge is 2.25. The largest absolute Gasteiger partial charge is 0.493 e. The van der Waals surface area contributed by atoms with Crippen LogP contribution in [0.25, 0.3) is 0 Å². The summed E-state index contributed by atoms with van der Waals surface area (Å²) in [4.78, 5) is 0. The smallest absolute Gasteiger partial charge is 0.161 e. The molecule has 0 amide bonds. The van der Waals surface area contributed by atoms with Crippen molar-refractivity contribution in [3.05, 3.63) is 58.7 Å². The topological polar surface area (TPSA) is 38.7 Å². The molecule has 116 valence electrons. The van der Waals surface area contributed by atoms with Crippen LogP contribution in [0.4, 0.5) is 0 Å². The van der Waals surface area contributed by atoms with Gasteiger partial charge >= 0.3 is 0 Å². The Balaban J connectivity index is 2.17. The van der Waals surface area contributed by atoms with Crippen LogP contribution < -0.4 is 9.47 Å². The molecule has 0 saturated carbocycles. The molecule has 1 unspecified atom stereocenters. The Hall–Kier alpha value is -2.00. The molecule has 2 aromatic rings. The van der Waals surface area contributed by atoms with Gasteiger partial charge in [-0.1, -0.05) is 24.3 Å². The van der Waals surface area contributed by atoms with Crippen molar-refractivity contribution in [2.24, 2.45) is 0 Å². The van der Waals surface area contributed by atoms with Gasteiger partial charge in [0.25, 0.3) is 0 Å². The van der Waals surface area contributed by atoms with Crippen molar-refractivity contribution in [2.45, 2.75) is 25.2 Å². The second-order valence-corrected chi connectivity index (χ2v) is 5.67. The van der Waals surface area contributed by atoms with Gasteiger partial charge in [-0.05, 0) is 53.6 Å². The summed E-state index contributed by atoms with van der Waals surface area (Å²) < 4.78 is 10.9. The van der Waals surface area contributed by atoms with Crippen LogP contribution >= 0.6 is 0 Å². The van der Waals surface area contributed by atoms with Crippen LogP contribution in [0.3, 0.4) is 0 Å². The second kappa shape index (κ2) is 6.41. The molecule has 1 aliphatic rings. The molecule has 0 bridgehead atoms. The SMILES string of the molecule is COc1cc2c(cc1OC)C(CCO)c1ccccc1CC2. The molecule has 1 atom stereocenters. The molecule has 0 saturated heterocycles. The molecule has 0 fully saturated rings. The predicted molar refractivity (Wildman–Crippen MR) is 86.9 cm³/mol. The van der Waals surface area contributed by atoms with Crippen LogP contribution in [0.5, 0.6) is 11.5 Å². The normalized spacial score (nSPS) is 16.4. The molecule has 2 aromatic carbocycles. The van der Waals surface area contributed by atoms with Crippen molar-refractivity contribution < 1.29 is 14.6 Å². The Morgan fingerprint density at radius 3 is 2.36 bits per heavy atom. The van der Waals surface area contributed by atoms with E-state index in [-0.39, 0.29) is 12.5 Å². The quantitative estimate of drug-likeness (QED) is 0.941. The molecule has 3 heteroatoms. The van der Waals surface area contributed by atoms with E-state index in [1.807, 2.05) is 0 Å². The summed E-state index contributed by atoms with van der Waals surface area (Å²) >= 11 is 0. The number of hydrogen-bond acceptors (Lipinski definition) is 3. The van der Waals surface area contributed by atoms with E-state index in [1.165, 1.54) is 22.3 Å². The average molecular weight is 298 g/mol. The number of ether oxygens (including phenoxy) is 2. The minimum absolute atomic E-state index is 0.173. The van der Waals surface area contributed by atoms with Gasteiger partial charge in [0.2, 0.25) is 0 Å². The van der Waals surface area contributed by atoms with Crippen LogP contribution in [0.2, 0.25) is 0 Å². The van der Waals surface area contributed by atoms with Crippen molar-refractivity contribution in [1.82, 2.24) is 0 Å². The maximum atomic E-state index is 9.53. The first-order chi connectivity index (χ1) is 10.8. The van der Waals surface area contributed by atoms with Crippen LogP contribution in [0.1, 0.15) is 34.6 Å². The lowest BCUT2D eigenvalue weighted by molar-refractivity contribution is 0.281. The minimum Gasteiger partial charge on any atom is -0.493 e. The number of methoxy groups -OCH3 is 2. The fourth-order valence-corrected chi connectivity index (χ4v) is 3.46. The fourth-order valence-electron chi connectivity index (χ4n) is 3.46. The van der Waals surface area contributed by atoms with Crippen LogP contribution in [0, 0.1) is 0 Å². The molecule has 3 rings (SSSR count). The number of fused-ring (bicyclic) bond motifs is 2. The Bertz CT molecular complexity index is 664. The van der Waals surface area contributed by atoms with E-state index in [0.29, 0.717) is 0 Å². The van der Waals surface area contributed by atoms with Crippen LogP contribution in [-0.4, -0.2) is 25.9 Å². The van der Waals surface area contributed by atoms with Crippen molar-refractivity contribution in [2.75, 3.05) is 20.8 Å². The lowest BCUT2D eigenvalue weighted by atomic mass is 9.85. The van der Waals surface area contributed by atoms with Gasteiger partial charge in [0.15, 0.2) is 11.5 Å². The average Bonchev–Trinajstić information content (AvgIpc) is 2.71.